The van der Waals surface area contributed by atoms with Crippen molar-refractivity contribution in [3.63, 3.8) is 0 Å². The molecule has 1 amide bonds. The minimum Gasteiger partial charge on any atom is -0.493 e. The summed E-state index contributed by atoms with van der Waals surface area (Å²) in [6, 6.07) is 10.3. The van der Waals surface area contributed by atoms with Crippen molar-refractivity contribution < 1.29 is 19.2 Å². The molecule has 148 valence electrons. The van der Waals surface area contributed by atoms with E-state index < -0.39 is 10.8 Å². The number of rotatable bonds is 5. The Morgan fingerprint density at radius 3 is 2.75 bits per heavy atom. The van der Waals surface area contributed by atoms with E-state index in [-0.39, 0.29) is 17.0 Å². The highest BCUT2D eigenvalue weighted by Crippen LogP contribution is 2.40. The van der Waals surface area contributed by atoms with Crippen molar-refractivity contribution in [3.05, 3.63) is 52.1 Å². The Hall–Kier alpha value is -2.74. The maximum absolute atomic E-state index is 13.4. The summed E-state index contributed by atoms with van der Waals surface area (Å²) in [5.41, 5.74) is 0.459. The number of fused-ring (bicyclic) bond motifs is 1. The predicted molar refractivity (Wildman–Crippen MR) is 109 cm³/mol. The van der Waals surface area contributed by atoms with Gasteiger partial charge < -0.3 is 14.4 Å². The highest BCUT2D eigenvalue weighted by atomic mass is 32.2. The second kappa shape index (κ2) is 8.52. The second-order valence-corrected chi connectivity index (χ2v) is 7.83. The first kappa shape index (κ1) is 20.0. The minimum absolute atomic E-state index is 0.0142. The van der Waals surface area contributed by atoms with Gasteiger partial charge in [-0.1, -0.05) is 19.1 Å². The van der Waals surface area contributed by atoms with Crippen LogP contribution < -0.4 is 14.4 Å². The Bertz CT molecular complexity index is 902. The molecule has 0 N–H and O–H groups in total. The van der Waals surface area contributed by atoms with E-state index in [0.717, 1.165) is 17.0 Å². The number of carbonyl (C=O) groups is 1. The zero-order chi connectivity index (χ0) is 20.3. The molecule has 1 atom stereocenters. The fourth-order valence-electron chi connectivity index (χ4n) is 3.14. The molecule has 28 heavy (non-hydrogen) atoms. The molecular formula is C20H22N2O5S. The van der Waals surface area contributed by atoms with Crippen molar-refractivity contribution in [1.29, 1.82) is 0 Å². The van der Waals surface area contributed by atoms with Gasteiger partial charge in [0.15, 0.2) is 11.5 Å². The van der Waals surface area contributed by atoms with E-state index in [2.05, 4.69) is 6.92 Å². The quantitative estimate of drug-likeness (QED) is 0.540. The second-order valence-electron chi connectivity index (χ2n) is 6.35. The number of methoxy groups -OCH3 is 1. The Balaban J connectivity index is 2.10. The van der Waals surface area contributed by atoms with Gasteiger partial charge >= 0.3 is 0 Å². The molecule has 0 fully saturated rings. The molecule has 0 unspecified atom stereocenters. The summed E-state index contributed by atoms with van der Waals surface area (Å²) in [5.74, 6) is 0.116. The molecule has 1 heterocycles. The number of thioether (sulfide) groups is 1. The number of hydrogen-bond acceptors (Lipinski definition) is 6. The molecule has 0 spiro atoms. The first-order valence-corrected chi connectivity index (χ1v) is 9.91. The van der Waals surface area contributed by atoms with Gasteiger partial charge in [0.25, 0.3) is 11.6 Å². The van der Waals surface area contributed by atoms with Crippen LogP contribution in [0.25, 0.3) is 0 Å². The van der Waals surface area contributed by atoms with Crippen LogP contribution in [0.3, 0.4) is 0 Å². The maximum atomic E-state index is 13.4. The Morgan fingerprint density at radius 2 is 2.07 bits per heavy atom. The number of nitro benzene ring substituents is 1. The molecule has 0 aromatic heterocycles. The maximum Gasteiger partial charge on any atom is 0.286 e. The van der Waals surface area contributed by atoms with E-state index in [9.17, 15) is 14.9 Å². The van der Waals surface area contributed by atoms with E-state index in [4.69, 9.17) is 9.47 Å². The van der Waals surface area contributed by atoms with Crippen LogP contribution in [0.5, 0.6) is 11.5 Å². The van der Waals surface area contributed by atoms with Crippen molar-refractivity contribution >= 4 is 29.0 Å². The lowest BCUT2D eigenvalue weighted by Crippen LogP contribution is -2.32. The van der Waals surface area contributed by atoms with Gasteiger partial charge in [0.1, 0.15) is 5.56 Å². The number of carbonyl (C=O) groups excluding carboxylic acids is 1. The van der Waals surface area contributed by atoms with E-state index >= 15 is 0 Å². The van der Waals surface area contributed by atoms with Crippen molar-refractivity contribution in [3.8, 4) is 11.5 Å². The molecule has 1 aliphatic heterocycles. The highest BCUT2D eigenvalue weighted by Gasteiger charge is 2.31. The predicted octanol–water partition coefficient (Wildman–Crippen LogP) is 4.53. The smallest absolute Gasteiger partial charge is 0.286 e. The van der Waals surface area contributed by atoms with Crippen LogP contribution in [0.1, 0.15) is 30.6 Å². The summed E-state index contributed by atoms with van der Waals surface area (Å²) in [7, 11) is 1.44. The number of ether oxygens (including phenoxy) is 2. The van der Waals surface area contributed by atoms with E-state index in [1.54, 1.807) is 23.6 Å². The van der Waals surface area contributed by atoms with Crippen molar-refractivity contribution in [2.75, 3.05) is 25.2 Å². The average Bonchev–Trinajstić information content (AvgIpc) is 2.85. The van der Waals surface area contributed by atoms with Gasteiger partial charge in [-0.2, -0.15) is 0 Å². The average molecular weight is 402 g/mol. The van der Waals surface area contributed by atoms with Crippen LogP contribution in [0.4, 0.5) is 11.4 Å². The molecule has 0 radical (unpaired) electrons. The van der Waals surface area contributed by atoms with Gasteiger partial charge in [0, 0.05) is 22.8 Å². The lowest BCUT2D eigenvalue weighted by molar-refractivity contribution is -0.385. The summed E-state index contributed by atoms with van der Waals surface area (Å²) in [4.78, 5) is 27.1. The number of anilines is 1. The van der Waals surface area contributed by atoms with E-state index in [0.29, 0.717) is 24.2 Å². The molecule has 2 aromatic rings. The van der Waals surface area contributed by atoms with Gasteiger partial charge in [-0.05, 0) is 25.5 Å². The summed E-state index contributed by atoms with van der Waals surface area (Å²) < 4.78 is 10.7. The molecule has 0 saturated carbocycles. The van der Waals surface area contributed by atoms with Gasteiger partial charge in [0.2, 0.25) is 0 Å². The van der Waals surface area contributed by atoms with Gasteiger partial charge in [-0.15, -0.1) is 11.8 Å². The fourth-order valence-corrected chi connectivity index (χ4v) is 4.26. The number of benzene rings is 2. The molecule has 3 rings (SSSR count). The summed E-state index contributed by atoms with van der Waals surface area (Å²) in [6.07, 6.45) is 0.785. The van der Waals surface area contributed by atoms with Crippen molar-refractivity contribution in [2.24, 2.45) is 0 Å². The highest BCUT2D eigenvalue weighted by molar-refractivity contribution is 8.00. The number of nitro groups is 1. The third kappa shape index (κ3) is 3.91. The van der Waals surface area contributed by atoms with Crippen LogP contribution in [0, 0.1) is 10.1 Å². The van der Waals surface area contributed by atoms with Gasteiger partial charge in [-0.25, -0.2) is 0 Å². The first-order valence-electron chi connectivity index (χ1n) is 9.03. The summed E-state index contributed by atoms with van der Waals surface area (Å²) in [5, 5.41) is 12.0. The van der Waals surface area contributed by atoms with Crippen molar-refractivity contribution in [1.82, 2.24) is 0 Å². The third-order valence-electron chi connectivity index (χ3n) is 4.50. The molecule has 1 aliphatic rings. The molecule has 7 nitrogen and oxygen atoms in total. The lowest BCUT2D eigenvalue weighted by atomic mass is 10.1. The number of amides is 1. The van der Waals surface area contributed by atoms with Crippen LogP contribution in [-0.4, -0.2) is 36.3 Å². The first-order chi connectivity index (χ1) is 13.5. The summed E-state index contributed by atoms with van der Waals surface area (Å²) >= 11 is 1.70. The summed E-state index contributed by atoms with van der Waals surface area (Å²) in [6.45, 7) is 4.70. The van der Waals surface area contributed by atoms with E-state index in [1.807, 2.05) is 24.3 Å². The normalized spacial score (nSPS) is 16.1. The molecule has 0 bridgehead atoms. The Labute approximate surface area is 167 Å². The molecule has 0 aliphatic carbocycles. The number of hydrogen-bond donors (Lipinski definition) is 0. The van der Waals surface area contributed by atoms with Crippen LogP contribution >= 0.6 is 11.8 Å². The zero-order valence-electron chi connectivity index (χ0n) is 16.0. The van der Waals surface area contributed by atoms with Crippen LogP contribution in [0.15, 0.2) is 41.3 Å². The standard InChI is InChI=1S/C20H22N2O5S/c1-4-27-18-12-16(22(24)25)14(11-17(18)26-3)20(23)21-10-9-13(2)28-19-8-6-5-7-15(19)21/h5-8,11-13H,4,9-10H2,1-3H3/t13-/m1/s1. The van der Waals surface area contributed by atoms with Gasteiger partial charge in [0.05, 0.1) is 30.4 Å². The number of para-hydroxylation sites is 1. The van der Waals surface area contributed by atoms with Crippen LogP contribution in [0.2, 0.25) is 0 Å². The number of nitrogens with zero attached hydrogens (tertiary/aromatic N) is 2. The minimum atomic E-state index is -0.559. The monoisotopic (exact) mass is 402 g/mol. The molecule has 2 aromatic carbocycles. The molecule has 0 saturated heterocycles. The molecular weight excluding hydrogens is 380 g/mol. The third-order valence-corrected chi connectivity index (χ3v) is 5.73. The Morgan fingerprint density at radius 1 is 1.32 bits per heavy atom. The van der Waals surface area contributed by atoms with E-state index in [1.165, 1.54) is 19.2 Å². The van der Waals surface area contributed by atoms with Crippen molar-refractivity contribution in [2.45, 2.75) is 30.4 Å². The fraction of sp³-hybridized carbons (Fsp3) is 0.350. The van der Waals surface area contributed by atoms with Gasteiger partial charge in [-0.3, -0.25) is 14.9 Å². The Kier molecular flexibility index (Phi) is 6.08. The topological polar surface area (TPSA) is 81.9 Å². The SMILES string of the molecule is CCOc1cc([N+](=O)[O-])c(C(=O)N2CC[C@@H](C)Sc3ccccc32)cc1OC. The van der Waals surface area contributed by atoms with Crippen LogP contribution in [-0.2, 0) is 0 Å². The zero-order valence-corrected chi connectivity index (χ0v) is 16.8. The largest absolute Gasteiger partial charge is 0.493 e. The molecule has 8 heteroatoms. The lowest BCUT2D eigenvalue weighted by Gasteiger charge is -2.23.